The minimum atomic E-state index is -0.548. The van der Waals surface area contributed by atoms with Crippen LogP contribution >= 0.6 is 0 Å². The number of benzene rings is 2. The summed E-state index contributed by atoms with van der Waals surface area (Å²) in [5.74, 6) is -0.257. The average molecular weight is 433 g/mol. The molecular weight excluding hydrogens is 396 g/mol. The fraction of sp³-hybridized carbons (Fsp3) is 0.429. The van der Waals surface area contributed by atoms with E-state index in [0.29, 0.717) is 19.5 Å². The minimum absolute atomic E-state index is 0.0000713. The second-order valence-electron chi connectivity index (χ2n) is 8.96. The van der Waals surface area contributed by atoms with E-state index in [1.165, 1.54) is 18.4 Å². The maximum absolute atomic E-state index is 13.4. The smallest absolute Gasteiger partial charge is 0.243 e. The molecule has 32 heavy (non-hydrogen) atoms. The van der Waals surface area contributed by atoms with Gasteiger partial charge in [-0.3, -0.25) is 9.59 Å². The van der Waals surface area contributed by atoms with Gasteiger partial charge in [0.1, 0.15) is 6.04 Å². The first-order valence-electron chi connectivity index (χ1n) is 11.9. The van der Waals surface area contributed by atoms with Crippen molar-refractivity contribution in [3.63, 3.8) is 0 Å². The monoisotopic (exact) mass is 432 g/mol. The summed E-state index contributed by atoms with van der Waals surface area (Å²) in [4.78, 5) is 28.4. The summed E-state index contributed by atoms with van der Waals surface area (Å²) in [5.41, 5.74) is 3.52. The van der Waals surface area contributed by atoms with Crippen molar-refractivity contribution < 1.29 is 9.59 Å². The lowest BCUT2D eigenvalue weighted by atomic mass is 9.97. The quantitative estimate of drug-likeness (QED) is 0.519. The van der Waals surface area contributed by atoms with Crippen LogP contribution in [0.4, 0.5) is 0 Å². The topological polar surface area (TPSA) is 49.4 Å². The van der Waals surface area contributed by atoms with Gasteiger partial charge in [-0.05, 0) is 43.2 Å². The number of allylic oxidation sites excluding steroid dienone is 1. The molecule has 2 aromatic carbocycles. The van der Waals surface area contributed by atoms with Crippen LogP contribution in [0.3, 0.4) is 0 Å². The maximum Gasteiger partial charge on any atom is 0.243 e. The minimum Gasteiger partial charge on any atom is -0.354 e. The van der Waals surface area contributed by atoms with Gasteiger partial charge in [-0.1, -0.05) is 86.2 Å². The highest BCUT2D eigenvalue weighted by atomic mass is 16.2. The number of carbonyl (C=O) groups is 2. The van der Waals surface area contributed by atoms with Crippen LogP contribution in [-0.4, -0.2) is 29.3 Å². The second-order valence-corrected chi connectivity index (χ2v) is 8.96. The molecule has 0 bridgehead atoms. The van der Waals surface area contributed by atoms with Crippen LogP contribution in [0.15, 0.2) is 72.3 Å². The molecule has 1 aliphatic rings. The molecule has 0 radical (unpaired) electrons. The van der Waals surface area contributed by atoms with Crippen molar-refractivity contribution in [2.45, 2.75) is 65.0 Å². The third kappa shape index (κ3) is 7.08. The molecule has 4 heteroatoms. The first-order chi connectivity index (χ1) is 15.5. The summed E-state index contributed by atoms with van der Waals surface area (Å²) in [5, 5.41) is 3.14. The van der Waals surface area contributed by atoms with Gasteiger partial charge >= 0.3 is 0 Å². The number of hydrogen-bond acceptors (Lipinski definition) is 2. The molecule has 1 aliphatic carbocycles. The maximum atomic E-state index is 13.4. The predicted molar refractivity (Wildman–Crippen MR) is 130 cm³/mol. The zero-order valence-electron chi connectivity index (χ0n) is 19.4. The number of carbonyl (C=O) groups excluding carboxylic acids is 2. The van der Waals surface area contributed by atoms with Crippen LogP contribution in [0.5, 0.6) is 0 Å². The van der Waals surface area contributed by atoms with Gasteiger partial charge < -0.3 is 10.2 Å². The van der Waals surface area contributed by atoms with E-state index in [4.69, 9.17) is 0 Å². The number of hydrogen-bond donors (Lipinski definition) is 1. The summed E-state index contributed by atoms with van der Waals surface area (Å²) >= 11 is 0. The van der Waals surface area contributed by atoms with E-state index in [1.807, 2.05) is 74.5 Å². The molecule has 0 saturated heterocycles. The Morgan fingerprint density at radius 3 is 2.19 bits per heavy atom. The van der Waals surface area contributed by atoms with E-state index in [0.717, 1.165) is 30.4 Å². The van der Waals surface area contributed by atoms with Gasteiger partial charge in [0.15, 0.2) is 0 Å². The molecule has 0 fully saturated rings. The number of nitrogens with one attached hydrogen (secondary N) is 1. The van der Waals surface area contributed by atoms with E-state index in [1.54, 1.807) is 4.90 Å². The highest BCUT2D eigenvalue weighted by molar-refractivity contribution is 5.88. The molecule has 3 rings (SSSR count). The lowest BCUT2D eigenvalue weighted by Gasteiger charge is -2.33. The van der Waals surface area contributed by atoms with Crippen molar-refractivity contribution in [2.75, 3.05) is 6.54 Å². The zero-order valence-corrected chi connectivity index (χ0v) is 19.4. The Morgan fingerprint density at radius 1 is 0.938 bits per heavy atom. The van der Waals surface area contributed by atoms with Gasteiger partial charge in [0.25, 0.3) is 0 Å². The Balaban J connectivity index is 1.79. The number of amides is 2. The second kappa shape index (κ2) is 12.2. The highest BCUT2D eigenvalue weighted by Crippen LogP contribution is 2.20. The molecule has 2 amide bonds. The molecular formula is C28H36N2O2. The molecule has 1 atom stereocenters. The largest absolute Gasteiger partial charge is 0.354 e. The van der Waals surface area contributed by atoms with Crippen LogP contribution in [0, 0.1) is 5.92 Å². The van der Waals surface area contributed by atoms with Crippen molar-refractivity contribution in [3.05, 3.63) is 83.4 Å². The van der Waals surface area contributed by atoms with E-state index in [9.17, 15) is 9.59 Å². The fourth-order valence-corrected chi connectivity index (χ4v) is 4.23. The summed E-state index contributed by atoms with van der Waals surface area (Å²) in [7, 11) is 0. The van der Waals surface area contributed by atoms with Gasteiger partial charge in [-0.15, -0.1) is 0 Å². The van der Waals surface area contributed by atoms with Crippen molar-refractivity contribution >= 4 is 11.8 Å². The van der Waals surface area contributed by atoms with Gasteiger partial charge in [-0.25, -0.2) is 0 Å². The average Bonchev–Trinajstić information content (AvgIpc) is 2.82. The summed E-state index contributed by atoms with van der Waals surface area (Å²) < 4.78 is 0. The van der Waals surface area contributed by atoms with Crippen molar-refractivity contribution in [2.24, 2.45) is 5.92 Å². The van der Waals surface area contributed by atoms with Crippen LogP contribution in [0.2, 0.25) is 0 Å². The first kappa shape index (κ1) is 23.8. The van der Waals surface area contributed by atoms with E-state index in [-0.39, 0.29) is 17.7 Å². The molecule has 0 unspecified atom stereocenters. The van der Waals surface area contributed by atoms with E-state index >= 15 is 0 Å². The van der Waals surface area contributed by atoms with E-state index in [2.05, 4.69) is 11.4 Å². The molecule has 0 aromatic heterocycles. The number of nitrogens with zero attached hydrogens (tertiary/aromatic N) is 1. The Hall–Kier alpha value is -2.88. The lowest BCUT2D eigenvalue weighted by molar-refractivity contribution is -0.143. The van der Waals surface area contributed by atoms with Gasteiger partial charge in [0.2, 0.25) is 11.8 Å². The van der Waals surface area contributed by atoms with Crippen molar-refractivity contribution in [1.82, 2.24) is 10.2 Å². The molecule has 0 spiro atoms. The first-order valence-corrected chi connectivity index (χ1v) is 11.9. The van der Waals surface area contributed by atoms with Crippen LogP contribution in [0.1, 0.15) is 57.1 Å². The predicted octanol–water partition coefficient (Wildman–Crippen LogP) is 5.29. The SMILES string of the molecule is CC(C)C(=O)N(Cc1ccccc1)[C@H](Cc1ccccc1)C(=O)NCCC1=CCCCC1. The van der Waals surface area contributed by atoms with Crippen molar-refractivity contribution in [3.8, 4) is 0 Å². The van der Waals surface area contributed by atoms with Gasteiger partial charge in [-0.2, -0.15) is 0 Å². The van der Waals surface area contributed by atoms with E-state index < -0.39 is 6.04 Å². The molecule has 0 saturated carbocycles. The lowest BCUT2D eigenvalue weighted by Crippen LogP contribution is -2.51. The highest BCUT2D eigenvalue weighted by Gasteiger charge is 2.31. The van der Waals surface area contributed by atoms with Crippen LogP contribution in [0.25, 0.3) is 0 Å². The Morgan fingerprint density at radius 2 is 1.59 bits per heavy atom. The summed E-state index contributed by atoms with van der Waals surface area (Å²) in [6.45, 7) is 4.83. The van der Waals surface area contributed by atoms with Crippen molar-refractivity contribution in [1.29, 1.82) is 0 Å². The molecule has 4 nitrogen and oxygen atoms in total. The third-order valence-electron chi connectivity index (χ3n) is 6.05. The fourth-order valence-electron chi connectivity index (χ4n) is 4.23. The summed E-state index contributed by atoms with van der Waals surface area (Å²) in [6.07, 6.45) is 8.50. The molecule has 0 heterocycles. The molecule has 0 aliphatic heterocycles. The Labute approximate surface area is 192 Å². The van der Waals surface area contributed by atoms with Gasteiger partial charge in [0.05, 0.1) is 0 Å². The number of rotatable bonds is 10. The molecule has 1 N–H and O–H groups in total. The Bertz CT molecular complexity index is 890. The third-order valence-corrected chi connectivity index (χ3v) is 6.05. The normalized spacial score (nSPS) is 14.5. The Kier molecular flexibility index (Phi) is 9.09. The summed E-state index contributed by atoms with van der Waals surface area (Å²) in [6, 6.07) is 19.3. The molecule has 2 aromatic rings. The van der Waals surface area contributed by atoms with Gasteiger partial charge in [0, 0.05) is 25.4 Å². The van der Waals surface area contributed by atoms with Crippen LogP contribution < -0.4 is 5.32 Å². The van der Waals surface area contributed by atoms with Crippen LogP contribution in [-0.2, 0) is 22.6 Å². The zero-order chi connectivity index (χ0) is 22.8. The standard InChI is InChI=1S/C28H36N2O2/c1-22(2)28(32)30(21-25-16-10-5-11-17-25)26(20-24-14-8-4-9-15-24)27(31)29-19-18-23-12-6-3-7-13-23/h4-5,8-12,14-17,22,26H,3,6-7,13,18-21H2,1-2H3,(H,29,31)/t26-/m1/s1. The molecule has 170 valence electrons.